The smallest absolute Gasteiger partial charge is 0.0688 e. The van der Waals surface area contributed by atoms with Crippen molar-refractivity contribution in [1.82, 2.24) is 0 Å². The molecule has 0 aliphatic heterocycles. The number of benzene rings is 3. The summed E-state index contributed by atoms with van der Waals surface area (Å²) in [5, 5.41) is 0. The molecule has 0 saturated carbocycles. The zero-order valence-corrected chi connectivity index (χ0v) is 18.6. The van der Waals surface area contributed by atoms with Crippen LogP contribution in [-0.4, -0.2) is 6.21 Å². The largest absolute Gasteiger partial charge is 0.256 e. The van der Waals surface area contributed by atoms with Gasteiger partial charge in [0.15, 0.2) is 0 Å². The van der Waals surface area contributed by atoms with Crippen molar-refractivity contribution in [2.45, 2.75) is 38.3 Å². The molecule has 0 heterocycles. The number of halogens is 1. The summed E-state index contributed by atoms with van der Waals surface area (Å²) in [6.45, 7) is 8.56. The molecule has 0 aliphatic carbocycles. The molecule has 1 nitrogen and oxygen atoms in total. The van der Waals surface area contributed by atoms with E-state index in [9.17, 15) is 0 Å². The van der Waals surface area contributed by atoms with Crippen LogP contribution in [0, 0.1) is 27.7 Å². The van der Waals surface area contributed by atoms with Crippen molar-refractivity contribution in [2.75, 3.05) is 0 Å². The number of thioether (sulfide) groups is 1. The van der Waals surface area contributed by atoms with Crippen LogP contribution in [0.3, 0.4) is 0 Å². The molecular weight excluding hydrogens is 414 g/mol. The Kier molecular flexibility index (Phi) is 6.56. The summed E-state index contributed by atoms with van der Waals surface area (Å²) in [6.07, 6.45) is 1.96. The maximum atomic E-state index is 4.76. The first-order chi connectivity index (χ1) is 13.0. The van der Waals surface area contributed by atoms with E-state index >= 15 is 0 Å². The molecule has 0 saturated heterocycles. The van der Waals surface area contributed by atoms with E-state index in [1.54, 1.807) is 0 Å². The topological polar surface area (TPSA) is 12.4 Å². The SMILES string of the molecule is Cc1cccc(C)c1N=Cc1cccc(CSc2c(C)cccc2C)c1Br. The molecule has 0 amide bonds. The van der Waals surface area contributed by atoms with E-state index in [4.69, 9.17) is 4.99 Å². The molecule has 0 unspecified atom stereocenters. The van der Waals surface area contributed by atoms with Gasteiger partial charge in [-0.3, -0.25) is 4.99 Å². The maximum Gasteiger partial charge on any atom is 0.0688 e. The lowest BCUT2D eigenvalue weighted by Gasteiger charge is -2.11. The minimum atomic E-state index is 0.928. The Morgan fingerprint density at radius 2 is 1.37 bits per heavy atom. The van der Waals surface area contributed by atoms with Crippen molar-refractivity contribution in [3.63, 3.8) is 0 Å². The van der Waals surface area contributed by atoms with Gasteiger partial charge in [0.25, 0.3) is 0 Å². The highest BCUT2D eigenvalue weighted by Crippen LogP contribution is 2.32. The second-order valence-corrected chi connectivity index (χ2v) is 8.61. The molecule has 138 valence electrons. The second kappa shape index (κ2) is 8.90. The van der Waals surface area contributed by atoms with Crippen molar-refractivity contribution in [3.8, 4) is 0 Å². The fourth-order valence-electron chi connectivity index (χ4n) is 3.13. The molecule has 0 spiro atoms. The number of aryl methyl sites for hydroxylation is 4. The number of hydrogen-bond acceptors (Lipinski definition) is 2. The van der Waals surface area contributed by atoms with E-state index in [-0.39, 0.29) is 0 Å². The van der Waals surface area contributed by atoms with Gasteiger partial charge in [0.05, 0.1) is 5.69 Å². The van der Waals surface area contributed by atoms with E-state index in [1.165, 1.54) is 32.7 Å². The van der Waals surface area contributed by atoms with Crippen LogP contribution in [0.1, 0.15) is 33.4 Å². The molecule has 0 bridgehead atoms. The van der Waals surface area contributed by atoms with Crippen LogP contribution in [0.4, 0.5) is 5.69 Å². The summed E-state index contributed by atoms with van der Waals surface area (Å²) in [7, 11) is 0. The summed E-state index contributed by atoms with van der Waals surface area (Å²) in [5.41, 5.74) is 8.52. The van der Waals surface area contributed by atoms with Crippen molar-refractivity contribution in [3.05, 3.63) is 92.5 Å². The fraction of sp³-hybridized carbons (Fsp3) is 0.208. The third kappa shape index (κ3) is 4.72. The Bertz CT molecular complexity index is 951. The van der Waals surface area contributed by atoms with E-state index in [0.717, 1.165) is 21.5 Å². The molecule has 3 aromatic carbocycles. The quantitative estimate of drug-likeness (QED) is 0.293. The average Bonchev–Trinajstić information content (AvgIpc) is 2.63. The molecule has 0 N–H and O–H groups in total. The highest BCUT2D eigenvalue weighted by molar-refractivity contribution is 9.10. The second-order valence-electron chi connectivity index (χ2n) is 6.83. The number of aliphatic imine (C=N–C) groups is 1. The monoisotopic (exact) mass is 437 g/mol. The third-order valence-electron chi connectivity index (χ3n) is 4.66. The van der Waals surface area contributed by atoms with E-state index in [1.807, 2.05) is 18.0 Å². The third-order valence-corrected chi connectivity index (χ3v) is 7.02. The van der Waals surface area contributed by atoms with Gasteiger partial charge in [-0.15, -0.1) is 11.8 Å². The highest BCUT2D eigenvalue weighted by atomic mass is 79.9. The summed E-state index contributed by atoms with van der Waals surface area (Å²) in [4.78, 5) is 6.14. The van der Waals surface area contributed by atoms with E-state index in [2.05, 4.69) is 98.2 Å². The van der Waals surface area contributed by atoms with Gasteiger partial charge in [-0.25, -0.2) is 0 Å². The van der Waals surface area contributed by atoms with Crippen molar-refractivity contribution < 1.29 is 0 Å². The Morgan fingerprint density at radius 3 is 2.00 bits per heavy atom. The predicted octanol–water partition coefficient (Wildman–Crippen LogP) is 7.73. The molecule has 3 aromatic rings. The molecule has 3 heteroatoms. The van der Waals surface area contributed by atoms with Gasteiger partial charge in [0, 0.05) is 26.9 Å². The minimum Gasteiger partial charge on any atom is -0.256 e. The molecule has 27 heavy (non-hydrogen) atoms. The summed E-state index contributed by atoms with van der Waals surface area (Å²) in [5.74, 6) is 0.928. The lowest BCUT2D eigenvalue weighted by atomic mass is 10.1. The Morgan fingerprint density at radius 1 is 0.815 bits per heavy atom. The lowest BCUT2D eigenvalue weighted by molar-refractivity contribution is 1.21. The highest BCUT2D eigenvalue weighted by Gasteiger charge is 2.08. The van der Waals surface area contributed by atoms with Gasteiger partial charge in [0.2, 0.25) is 0 Å². The predicted molar refractivity (Wildman–Crippen MR) is 123 cm³/mol. The van der Waals surface area contributed by atoms with Crippen LogP contribution >= 0.6 is 27.7 Å². The van der Waals surface area contributed by atoms with Crippen LogP contribution < -0.4 is 0 Å². The summed E-state index contributed by atoms with van der Waals surface area (Å²) < 4.78 is 1.12. The van der Waals surface area contributed by atoms with Crippen molar-refractivity contribution >= 4 is 39.6 Å². The molecule has 0 radical (unpaired) electrons. The first kappa shape index (κ1) is 19.9. The normalized spacial score (nSPS) is 11.3. The molecular formula is C24H24BrNS. The van der Waals surface area contributed by atoms with Crippen LogP contribution in [0.2, 0.25) is 0 Å². The zero-order chi connectivity index (χ0) is 19.4. The lowest BCUT2D eigenvalue weighted by Crippen LogP contribution is -1.92. The molecule has 0 aromatic heterocycles. The molecule has 0 fully saturated rings. The number of hydrogen-bond donors (Lipinski definition) is 0. The number of rotatable bonds is 5. The first-order valence-corrected chi connectivity index (χ1v) is 10.8. The minimum absolute atomic E-state index is 0.928. The van der Waals surface area contributed by atoms with Gasteiger partial charge in [-0.1, -0.05) is 54.6 Å². The van der Waals surface area contributed by atoms with E-state index in [0.29, 0.717) is 0 Å². The summed E-state index contributed by atoms with van der Waals surface area (Å²) in [6, 6.07) is 19.2. The Balaban J connectivity index is 1.83. The van der Waals surface area contributed by atoms with Gasteiger partial charge in [0.1, 0.15) is 0 Å². The van der Waals surface area contributed by atoms with Crippen molar-refractivity contribution in [1.29, 1.82) is 0 Å². The average molecular weight is 438 g/mol. The van der Waals surface area contributed by atoms with Crippen LogP contribution in [0.15, 0.2) is 69.0 Å². The summed E-state index contributed by atoms with van der Waals surface area (Å²) >= 11 is 5.69. The fourth-order valence-corrected chi connectivity index (χ4v) is 4.96. The number of para-hydroxylation sites is 1. The van der Waals surface area contributed by atoms with Crippen LogP contribution in [0.25, 0.3) is 0 Å². The standard InChI is InChI=1S/C24H24BrNS/c1-16-8-5-9-17(2)23(16)26-14-20-12-7-13-21(22(20)25)15-27-24-18(3)10-6-11-19(24)4/h5-14H,15H2,1-4H3. The van der Waals surface area contributed by atoms with Crippen molar-refractivity contribution in [2.24, 2.45) is 4.99 Å². The van der Waals surface area contributed by atoms with E-state index < -0.39 is 0 Å². The Hall–Kier alpha value is -1.84. The molecule has 0 atom stereocenters. The van der Waals surface area contributed by atoms with Crippen LogP contribution in [0.5, 0.6) is 0 Å². The van der Waals surface area contributed by atoms with Gasteiger partial charge in [-0.2, -0.15) is 0 Å². The van der Waals surface area contributed by atoms with Gasteiger partial charge in [-0.05, 0) is 71.4 Å². The first-order valence-electron chi connectivity index (χ1n) is 9.04. The zero-order valence-electron chi connectivity index (χ0n) is 16.2. The Labute approximate surface area is 175 Å². The number of nitrogens with zero attached hydrogens (tertiary/aromatic N) is 1. The molecule has 0 aliphatic rings. The maximum absolute atomic E-state index is 4.76. The van der Waals surface area contributed by atoms with Gasteiger partial charge < -0.3 is 0 Å². The van der Waals surface area contributed by atoms with Gasteiger partial charge >= 0.3 is 0 Å². The molecule has 3 rings (SSSR count). The van der Waals surface area contributed by atoms with Crippen LogP contribution in [-0.2, 0) is 5.75 Å².